The molecule has 4 atom stereocenters. The minimum atomic E-state index is -0.139. The molecule has 1 aromatic rings. The van der Waals surface area contributed by atoms with Gasteiger partial charge in [0.15, 0.2) is 0 Å². The number of rotatable bonds is 5. The number of hydrogen-bond acceptors (Lipinski definition) is 2. The van der Waals surface area contributed by atoms with Gasteiger partial charge >= 0.3 is 151 Å². The van der Waals surface area contributed by atoms with E-state index in [-0.39, 0.29) is 42.6 Å². The van der Waals surface area contributed by atoms with Crippen LogP contribution in [-0.2, 0) is 9.59 Å². The van der Waals surface area contributed by atoms with Crippen molar-refractivity contribution < 1.29 is 9.59 Å². The summed E-state index contributed by atoms with van der Waals surface area (Å²) in [5.41, 5.74) is 1.11. The normalized spacial score (nSPS) is 31.9. The summed E-state index contributed by atoms with van der Waals surface area (Å²) in [5.74, 6) is 0.994. The Morgan fingerprint density at radius 1 is 1.29 bits per heavy atom. The first-order valence-corrected chi connectivity index (χ1v) is 11.0. The van der Waals surface area contributed by atoms with Crippen LogP contribution in [0.1, 0.15) is 52.1 Å². The van der Waals surface area contributed by atoms with Gasteiger partial charge in [0.05, 0.1) is 0 Å². The third kappa shape index (κ3) is 2.74. The number of carbonyl (C=O) groups excluding carboxylic acids is 2. The average Bonchev–Trinajstić information content (AvgIpc) is 2.85. The molecule has 0 spiro atoms. The van der Waals surface area contributed by atoms with E-state index in [0.717, 1.165) is 17.3 Å². The predicted octanol–water partition coefficient (Wildman–Crippen LogP) is 3.80. The maximum atomic E-state index is 13.0. The Kier molecular flexibility index (Phi) is 4.65. The number of Topliss-reactive ketones (excluding diaryl/α,β-unsaturated/α-hetero) is 1. The van der Waals surface area contributed by atoms with Crippen LogP contribution in [0.3, 0.4) is 0 Å². The summed E-state index contributed by atoms with van der Waals surface area (Å²) in [7, 11) is 0. The van der Waals surface area contributed by atoms with Gasteiger partial charge in [-0.05, 0) is 0 Å². The summed E-state index contributed by atoms with van der Waals surface area (Å²) in [6, 6.07) is 10.1. The summed E-state index contributed by atoms with van der Waals surface area (Å²) in [6.07, 6.45) is 2.22. The van der Waals surface area contributed by atoms with Crippen LogP contribution >= 0.6 is 0 Å². The standard InChI is InChI=1S/C20H27NO2Se/c1-13(22)21-16(14-8-6-5-7-9-14)12-24-17-15-10-11-20(4,18(17)23)19(15,2)3/h5-9,15-17H,10-12H2,1-4H3,(H,21,22)/t15?,16-,17?,20?/m1/s1. The molecule has 24 heavy (non-hydrogen) atoms. The molecule has 3 rings (SSSR count). The van der Waals surface area contributed by atoms with Crippen LogP contribution in [0.2, 0.25) is 10.1 Å². The molecule has 0 aromatic heterocycles. The van der Waals surface area contributed by atoms with Crippen LogP contribution in [0.15, 0.2) is 30.3 Å². The fourth-order valence-corrected chi connectivity index (χ4v) is 8.31. The third-order valence-corrected chi connectivity index (χ3v) is 9.49. The van der Waals surface area contributed by atoms with Gasteiger partial charge in [-0.1, -0.05) is 0 Å². The second-order valence-corrected chi connectivity index (χ2v) is 10.4. The van der Waals surface area contributed by atoms with E-state index in [1.165, 1.54) is 6.42 Å². The van der Waals surface area contributed by atoms with Gasteiger partial charge in [0, 0.05) is 0 Å². The molecule has 1 amide bonds. The van der Waals surface area contributed by atoms with E-state index in [0.29, 0.717) is 11.7 Å². The van der Waals surface area contributed by atoms with Gasteiger partial charge in [-0.2, -0.15) is 0 Å². The molecule has 2 fully saturated rings. The van der Waals surface area contributed by atoms with E-state index in [1.807, 2.05) is 18.2 Å². The van der Waals surface area contributed by atoms with E-state index in [2.05, 4.69) is 38.2 Å². The number of fused-ring (bicyclic) bond motifs is 2. The van der Waals surface area contributed by atoms with Crippen LogP contribution in [-0.4, -0.2) is 26.6 Å². The first-order valence-electron chi connectivity index (χ1n) is 8.75. The van der Waals surface area contributed by atoms with E-state index >= 15 is 0 Å². The molecule has 0 radical (unpaired) electrons. The van der Waals surface area contributed by atoms with Crippen LogP contribution in [0.25, 0.3) is 0 Å². The molecule has 2 bridgehead atoms. The van der Waals surface area contributed by atoms with Gasteiger partial charge in [0.25, 0.3) is 0 Å². The fraction of sp³-hybridized carbons (Fsp3) is 0.600. The van der Waals surface area contributed by atoms with Crippen molar-refractivity contribution in [2.45, 2.75) is 56.7 Å². The molecule has 3 nitrogen and oxygen atoms in total. The van der Waals surface area contributed by atoms with Crippen molar-refractivity contribution in [3.63, 3.8) is 0 Å². The van der Waals surface area contributed by atoms with Gasteiger partial charge < -0.3 is 0 Å². The number of nitrogens with one attached hydrogen (secondary N) is 1. The van der Waals surface area contributed by atoms with Gasteiger partial charge in [0.1, 0.15) is 0 Å². The van der Waals surface area contributed by atoms with Crippen molar-refractivity contribution in [2.75, 3.05) is 0 Å². The van der Waals surface area contributed by atoms with E-state index in [1.54, 1.807) is 6.92 Å². The molecule has 2 saturated carbocycles. The molecule has 1 N–H and O–H groups in total. The molecule has 0 saturated heterocycles. The zero-order valence-electron chi connectivity index (χ0n) is 15.0. The Balaban J connectivity index is 1.74. The second-order valence-electron chi connectivity index (χ2n) is 7.98. The molecule has 4 heteroatoms. The molecular weight excluding hydrogens is 365 g/mol. The molecule has 0 heterocycles. The number of hydrogen-bond donors (Lipinski definition) is 1. The predicted molar refractivity (Wildman–Crippen MR) is 96.9 cm³/mol. The van der Waals surface area contributed by atoms with Crippen LogP contribution in [0, 0.1) is 16.7 Å². The van der Waals surface area contributed by atoms with Crippen molar-refractivity contribution in [2.24, 2.45) is 16.7 Å². The molecule has 2 aliphatic rings. The Morgan fingerprint density at radius 3 is 2.50 bits per heavy atom. The van der Waals surface area contributed by atoms with Gasteiger partial charge in [0.2, 0.25) is 0 Å². The van der Waals surface area contributed by atoms with Crippen LogP contribution < -0.4 is 5.32 Å². The average molecular weight is 392 g/mol. The Hall–Kier alpha value is -1.12. The SMILES string of the molecule is CC(=O)N[C@H](C[Se]C1C(=O)C2(C)CCC1C2(C)C)c1ccccc1. The van der Waals surface area contributed by atoms with E-state index in [4.69, 9.17) is 0 Å². The number of carbonyl (C=O) groups is 2. The molecule has 3 unspecified atom stereocenters. The second kappa shape index (κ2) is 6.31. The summed E-state index contributed by atoms with van der Waals surface area (Å²) >= 11 is 0.208. The first-order chi connectivity index (χ1) is 11.3. The Bertz CT molecular complexity index is 642. The number of amides is 1. The third-order valence-electron chi connectivity index (χ3n) is 6.49. The van der Waals surface area contributed by atoms with Crippen molar-refractivity contribution in [1.29, 1.82) is 0 Å². The summed E-state index contributed by atoms with van der Waals surface area (Å²) in [6.45, 7) is 8.30. The number of benzene rings is 1. The fourth-order valence-electron chi connectivity index (χ4n) is 4.55. The van der Waals surface area contributed by atoms with Crippen LogP contribution in [0.4, 0.5) is 0 Å². The summed E-state index contributed by atoms with van der Waals surface area (Å²) < 4.78 is 0. The van der Waals surface area contributed by atoms with Gasteiger partial charge in [-0.15, -0.1) is 0 Å². The first kappa shape index (κ1) is 17.7. The Morgan fingerprint density at radius 2 is 1.96 bits per heavy atom. The van der Waals surface area contributed by atoms with Crippen molar-refractivity contribution in [3.05, 3.63) is 35.9 Å². The zero-order chi connectivity index (χ0) is 17.5. The quantitative estimate of drug-likeness (QED) is 0.775. The van der Waals surface area contributed by atoms with Gasteiger partial charge in [-0.3, -0.25) is 0 Å². The Labute approximate surface area is 151 Å². The van der Waals surface area contributed by atoms with E-state index < -0.39 is 0 Å². The minimum absolute atomic E-state index is 0.00814. The van der Waals surface area contributed by atoms with Crippen molar-refractivity contribution in [1.82, 2.24) is 5.32 Å². The topological polar surface area (TPSA) is 46.2 Å². The molecular formula is C20H27NO2Se. The zero-order valence-corrected chi connectivity index (χ0v) is 16.7. The summed E-state index contributed by atoms with van der Waals surface area (Å²) in [4.78, 5) is 24.8. The molecule has 130 valence electrons. The molecule has 0 aliphatic heterocycles. The molecule has 1 aromatic carbocycles. The monoisotopic (exact) mass is 393 g/mol. The van der Waals surface area contributed by atoms with Crippen molar-refractivity contribution >= 4 is 26.6 Å². The van der Waals surface area contributed by atoms with Gasteiger partial charge in [-0.25, -0.2) is 0 Å². The summed E-state index contributed by atoms with van der Waals surface area (Å²) in [5, 5.41) is 3.96. The van der Waals surface area contributed by atoms with E-state index in [9.17, 15) is 9.59 Å². The van der Waals surface area contributed by atoms with Crippen LogP contribution in [0.5, 0.6) is 0 Å². The maximum absolute atomic E-state index is 13.0. The van der Waals surface area contributed by atoms with Crippen molar-refractivity contribution in [3.8, 4) is 0 Å². The molecule has 2 aliphatic carbocycles. The number of ketones is 1.